The smallest absolute Gasteiger partial charge is 0.265 e. The first kappa shape index (κ1) is 14.2. The van der Waals surface area contributed by atoms with Gasteiger partial charge in [0.15, 0.2) is 0 Å². The van der Waals surface area contributed by atoms with Gasteiger partial charge in [-0.15, -0.1) is 11.6 Å². The largest absolute Gasteiger partial charge is 0.328 e. The summed E-state index contributed by atoms with van der Waals surface area (Å²) in [7, 11) is 0.246. The molecule has 4 nitrogen and oxygen atoms in total. The van der Waals surface area contributed by atoms with Gasteiger partial charge in [-0.2, -0.15) is 8.42 Å². The van der Waals surface area contributed by atoms with Crippen molar-refractivity contribution in [3.63, 3.8) is 0 Å². The topological polar surface area (TPSA) is 54.4 Å². The lowest BCUT2D eigenvalue weighted by Gasteiger charge is -2.29. The Labute approximate surface area is 91.2 Å². The van der Waals surface area contributed by atoms with Gasteiger partial charge >= 0.3 is 0 Å². The minimum Gasteiger partial charge on any atom is -0.328 e. The molecule has 0 bridgehead atoms. The summed E-state index contributed by atoms with van der Waals surface area (Å²) >= 11 is 5.57. The Kier molecular flexibility index (Phi) is 5.97. The van der Waals surface area contributed by atoms with Gasteiger partial charge in [0.2, 0.25) is 0 Å². The molecule has 0 aromatic rings. The average molecular weight is 245 g/mol. The van der Waals surface area contributed by atoms with E-state index in [2.05, 4.69) is 0 Å². The second-order valence-corrected chi connectivity index (χ2v) is 6.02. The second kappa shape index (κ2) is 5.90. The molecule has 0 aliphatic carbocycles. The summed E-state index contributed by atoms with van der Waals surface area (Å²) in [6.07, 6.45) is 1.40. The van der Waals surface area contributed by atoms with Crippen molar-refractivity contribution in [1.82, 2.24) is 0 Å². The number of quaternary nitrogens is 1. The Morgan fingerprint density at radius 2 is 1.71 bits per heavy atom. The number of hydrogen-bond donors (Lipinski definition) is 1. The Bertz CT molecular complexity index is 251. The van der Waals surface area contributed by atoms with E-state index in [0.29, 0.717) is 12.3 Å². The molecule has 0 atom stereocenters. The third-order valence-corrected chi connectivity index (χ3v) is 3.13. The number of hydrogen-bond acceptors (Lipinski definition) is 2. The predicted molar refractivity (Wildman–Crippen MR) is 58.2 cm³/mol. The van der Waals surface area contributed by atoms with Crippen molar-refractivity contribution in [2.75, 3.05) is 38.8 Å². The van der Waals surface area contributed by atoms with Crippen molar-refractivity contribution in [2.24, 2.45) is 0 Å². The maximum atomic E-state index is 10.5. The van der Waals surface area contributed by atoms with E-state index in [0.717, 1.165) is 24.0 Å². The van der Waals surface area contributed by atoms with Crippen molar-refractivity contribution in [1.29, 1.82) is 0 Å². The van der Waals surface area contributed by atoms with Crippen LogP contribution in [-0.4, -0.2) is 56.3 Å². The second-order valence-electron chi connectivity index (χ2n) is 4.07. The normalized spacial score (nSPS) is 13.1. The van der Waals surface area contributed by atoms with E-state index < -0.39 is 10.1 Å². The van der Waals surface area contributed by atoms with Gasteiger partial charge < -0.3 is 4.48 Å². The highest BCUT2D eigenvalue weighted by molar-refractivity contribution is 7.85. The van der Waals surface area contributed by atoms with Crippen molar-refractivity contribution < 1.29 is 17.5 Å². The van der Waals surface area contributed by atoms with E-state index >= 15 is 0 Å². The van der Waals surface area contributed by atoms with Crippen LogP contribution in [0.3, 0.4) is 0 Å². The Morgan fingerprint density at radius 3 is 2.14 bits per heavy atom. The molecule has 6 heteroatoms. The summed E-state index contributed by atoms with van der Waals surface area (Å²) in [6, 6.07) is 0. The maximum absolute atomic E-state index is 10.5. The average Bonchev–Trinajstić information content (AvgIpc) is 1.98. The summed E-state index contributed by atoms with van der Waals surface area (Å²) in [5.41, 5.74) is 0. The van der Waals surface area contributed by atoms with Crippen LogP contribution in [0.25, 0.3) is 0 Å². The molecule has 1 N–H and O–H groups in total. The molecule has 0 heterocycles. The van der Waals surface area contributed by atoms with Gasteiger partial charge in [-0.05, 0) is 0 Å². The van der Waals surface area contributed by atoms with Crippen LogP contribution in [0.1, 0.15) is 12.8 Å². The highest BCUT2D eigenvalue weighted by Gasteiger charge is 2.15. The SMILES string of the molecule is C[N+](C)(CCCCl)CCCS(=O)(=O)O. The first-order valence-corrected chi connectivity index (χ1v) is 6.74. The molecular formula is C8H19ClNO3S+. The van der Waals surface area contributed by atoms with E-state index in [1.54, 1.807) is 0 Å². The maximum Gasteiger partial charge on any atom is 0.265 e. The number of halogens is 1. The summed E-state index contributed by atoms with van der Waals surface area (Å²) in [6.45, 7) is 1.66. The quantitative estimate of drug-likeness (QED) is 0.413. The fraction of sp³-hybridized carbons (Fsp3) is 1.00. The zero-order chi connectivity index (χ0) is 11.2. The highest BCUT2D eigenvalue weighted by Crippen LogP contribution is 2.03. The van der Waals surface area contributed by atoms with Crippen LogP contribution in [0.4, 0.5) is 0 Å². The zero-order valence-electron chi connectivity index (χ0n) is 8.74. The Morgan fingerprint density at radius 1 is 1.21 bits per heavy atom. The molecule has 0 saturated carbocycles. The fourth-order valence-electron chi connectivity index (χ4n) is 1.27. The molecule has 0 radical (unpaired) electrons. The summed E-state index contributed by atoms with van der Waals surface area (Å²) in [4.78, 5) is 0. The van der Waals surface area contributed by atoms with Gasteiger partial charge in [-0.25, -0.2) is 0 Å². The highest BCUT2D eigenvalue weighted by atomic mass is 35.5. The summed E-state index contributed by atoms with van der Waals surface area (Å²) in [5.74, 6) is 0.468. The van der Waals surface area contributed by atoms with E-state index in [9.17, 15) is 8.42 Å². The number of rotatable bonds is 7. The first-order valence-electron chi connectivity index (χ1n) is 4.60. The molecule has 0 saturated heterocycles. The van der Waals surface area contributed by atoms with Gasteiger partial charge in [0.25, 0.3) is 10.1 Å². The molecule has 14 heavy (non-hydrogen) atoms. The van der Waals surface area contributed by atoms with Crippen LogP contribution in [0.15, 0.2) is 0 Å². The fourth-order valence-corrected chi connectivity index (χ4v) is 1.89. The van der Waals surface area contributed by atoms with Crippen LogP contribution >= 0.6 is 11.6 Å². The van der Waals surface area contributed by atoms with Crippen LogP contribution in [-0.2, 0) is 10.1 Å². The molecule has 0 aliphatic heterocycles. The van der Waals surface area contributed by atoms with Gasteiger partial charge in [0.1, 0.15) is 0 Å². The van der Waals surface area contributed by atoms with E-state index in [1.165, 1.54) is 0 Å². The van der Waals surface area contributed by atoms with E-state index in [-0.39, 0.29) is 5.75 Å². The van der Waals surface area contributed by atoms with Gasteiger partial charge in [0, 0.05) is 18.7 Å². The zero-order valence-corrected chi connectivity index (χ0v) is 10.3. The molecule has 0 aliphatic rings. The van der Waals surface area contributed by atoms with E-state index in [4.69, 9.17) is 16.2 Å². The van der Waals surface area contributed by atoms with Crippen molar-refractivity contribution in [2.45, 2.75) is 12.8 Å². The van der Waals surface area contributed by atoms with Crippen LogP contribution < -0.4 is 0 Å². The number of alkyl halides is 1. The third kappa shape index (κ3) is 8.74. The minimum atomic E-state index is -3.80. The lowest BCUT2D eigenvalue weighted by Crippen LogP contribution is -2.42. The first-order chi connectivity index (χ1) is 6.27. The van der Waals surface area contributed by atoms with Gasteiger partial charge in [0.05, 0.1) is 32.9 Å². The van der Waals surface area contributed by atoms with Crippen molar-refractivity contribution >= 4 is 21.7 Å². The minimum absolute atomic E-state index is 0.157. The molecular weight excluding hydrogens is 226 g/mol. The summed E-state index contributed by atoms with van der Waals surface area (Å²) in [5, 5.41) is 0. The third-order valence-electron chi connectivity index (χ3n) is 2.06. The lowest BCUT2D eigenvalue weighted by atomic mass is 10.3. The Balaban J connectivity index is 3.76. The molecule has 0 spiro atoms. The van der Waals surface area contributed by atoms with Crippen LogP contribution in [0.5, 0.6) is 0 Å². The summed E-state index contributed by atoms with van der Waals surface area (Å²) < 4.78 is 30.2. The van der Waals surface area contributed by atoms with Crippen LogP contribution in [0.2, 0.25) is 0 Å². The van der Waals surface area contributed by atoms with Crippen molar-refractivity contribution in [3.05, 3.63) is 0 Å². The van der Waals surface area contributed by atoms with Crippen LogP contribution in [0, 0.1) is 0 Å². The molecule has 0 aromatic carbocycles. The molecule has 86 valence electrons. The number of nitrogens with zero attached hydrogens (tertiary/aromatic N) is 1. The van der Waals surface area contributed by atoms with Crippen molar-refractivity contribution in [3.8, 4) is 0 Å². The predicted octanol–water partition coefficient (Wildman–Crippen LogP) is 0.970. The van der Waals surface area contributed by atoms with E-state index in [1.807, 2.05) is 14.1 Å². The molecule has 0 fully saturated rings. The molecule has 0 rings (SSSR count). The monoisotopic (exact) mass is 244 g/mol. The lowest BCUT2D eigenvalue weighted by molar-refractivity contribution is -0.890. The molecule has 0 amide bonds. The molecule has 0 unspecified atom stereocenters. The Hall–Kier alpha value is 0.160. The molecule has 0 aromatic heterocycles. The van der Waals surface area contributed by atoms with Gasteiger partial charge in [-0.1, -0.05) is 0 Å². The van der Waals surface area contributed by atoms with Gasteiger partial charge in [-0.3, -0.25) is 4.55 Å². The standard InChI is InChI=1S/C8H18ClNO3S/c1-10(2,6-3-5-9)7-4-8-14(11,12)13/h3-8H2,1-2H3/p+1.